The fourth-order valence-corrected chi connectivity index (χ4v) is 5.60. The highest BCUT2D eigenvalue weighted by molar-refractivity contribution is 8.00. The minimum atomic E-state index is -1.20. The van der Waals surface area contributed by atoms with Crippen LogP contribution in [0.5, 0.6) is 0 Å². The molecule has 2 aliphatic rings. The number of rotatable bonds is 10. The van der Waals surface area contributed by atoms with Gasteiger partial charge in [0.05, 0.1) is 0 Å². The molecule has 14 heteroatoms. The Morgan fingerprint density at radius 1 is 1.37 bits per heavy atom. The number of pyridine rings is 1. The van der Waals surface area contributed by atoms with E-state index in [1.165, 1.54) is 22.0 Å². The van der Waals surface area contributed by atoms with Crippen LogP contribution in [-0.2, 0) is 30.6 Å². The van der Waals surface area contributed by atoms with E-state index in [1.807, 2.05) is 35.2 Å². The fraction of sp³-hybridized carbons (Fsp3) is 0.286. The molecule has 2 aliphatic heterocycles. The van der Waals surface area contributed by atoms with E-state index in [9.17, 15) is 24.3 Å². The highest BCUT2D eigenvalue weighted by Crippen LogP contribution is 2.40. The van der Waals surface area contributed by atoms with E-state index in [0.29, 0.717) is 24.3 Å². The first-order valence-electron chi connectivity index (χ1n) is 10.5. The molecular formula is C21H21N6O6S2+. The molecule has 0 saturated carbocycles. The van der Waals surface area contributed by atoms with Crippen molar-refractivity contribution in [3.05, 3.63) is 52.9 Å². The molecular weight excluding hydrogens is 496 g/mol. The maximum absolute atomic E-state index is 13.0. The zero-order valence-electron chi connectivity index (χ0n) is 18.4. The van der Waals surface area contributed by atoms with Crippen LogP contribution in [-0.4, -0.2) is 68.7 Å². The number of aliphatic carboxylic acids is 1. The van der Waals surface area contributed by atoms with Gasteiger partial charge in [0, 0.05) is 28.8 Å². The topological polar surface area (TPSA) is 154 Å². The molecule has 1 saturated heterocycles. The molecule has 3 N–H and O–H groups in total. The van der Waals surface area contributed by atoms with E-state index in [2.05, 4.69) is 20.8 Å². The maximum Gasteiger partial charge on any atom is 0.352 e. The van der Waals surface area contributed by atoms with Crippen molar-refractivity contribution in [3.63, 3.8) is 0 Å². The summed E-state index contributed by atoms with van der Waals surface area (Å²) in [5, 5.41) is 19.9. The molecule has 0 aliphatic carbocycles. The summed E-state index contributed by atoms with van der Waals surface area (Å²) in [6.45, 7) is 2.22. The Balaban J connectivity index is 1.52. The Labute approximate surface area is 207 Å². The number of nitrogens with one attached hydrogen (secondary N) is 2. The second kappa shape index (κ2) is 10.7. The molecule has 2 aromatic heterocycles. The zero-order valence-corrected chi connectivity index (χ0v) is 20.0. The minimum absolute atomic E-state index is 0.0621. The van der Waals surface area contributed by atoms with Crippen LogP contribution in [0.25, 0.3) is 0 Å². The van der Waals surface area contributed by atoms with Crippen molar-refractivity contribution < 1.29 is 33.7 Å². The van der Waals surface area contributed by atoms with Crippen LogP contribution in [0.3, 0.4) is 0 Å². The maximum atomic E-state index is 13.0. The number of anilines is 1. The molecule has 0 bridgehead atoms. The number of hydrogen-bond donors (Lipinski definition) is 3. The van der Waals surface area contributed by atoms with Crippen molar-refractivity contribution in [2.24, 2.45) is 5.16 Å². The summed E-state index contributed by atoms with van der Waals surface area (Å²) in [5.74, 6) is -2.04. The third-order valence-corrected chi connectivity index (χ3v) is 7.23. The zero-order chi connectivity index (χ0) is 24.9. The number of hydrogen-bond acceptors (Lipinski definition) is 9. The molecule has 0 aromatic carbocycles. The molecule has 12 nitrogen and oxygen atoms in total. The van der Waals surface area contributed by atoms with Crippen molar-refractivity contribution in [1.29, 1.82) is 0 Å². The van der Waals surface area contributed by atoms with Gasteiger partial charge in [0.1, 0.15) is 29.4 Å². The third kappa shape index (κ3) is 5.02. The smallest absolute Gasteiger partial charge is 0.352 e. The second-order valence-electron chi connectivity index (χ2n) is 7.32. The Morgan fingerprint density at radius 2 is 2.14 bits per heavy atom. The van der Waals surface area contributed by atoms with Gasteiger partial charge in [-0.1, -0.05) is 11.2 Å². The predicted octanol–water partition coefficient (Wildman–Crippen LogP) is 0.178. The van der Waals surface area contributed by atoms with Crippen molar-refractivity contribution in [2.45, 2.75) is 24.9 Å². The van der Waals surface area contributed by atoms with Gasteiger partial charge >= 0.3 is 5.97 Å². The summed E-state index contributed by atoms with van der Waals surface area (Å²) >= 11 is 2.47. The Kier molecular flexibility index (Phi) is 7.41. The molecule has 3 amide bonds. The molecule has 1 unspecified atom stereocenters. The molecule has 1 fully saturated rings. The lowest BCUT2D eigenvalue weighted by Crippen LogP contribution is -2.71. The number of carboxylic acids is 1. The van der Waals surface area contributed by atoms with E-state index >= 15 is 0 Å². The summed E-state index contributed by atoms with van der Waals surface area (Å²) in [5.41, 5.74) is 0.542. The first-order chi connectivity index (χ1) is 16.9. The lowest BCUT2D eigenvalue weighted by Gasteiger charge is -2.49. The quantitative estimate of drug-likeness (QED) is 0.133. The van der Waals surface area contributed by atoms with Gasteiger partial charge in [0.25, 0.3) is 11.8 Å². The van der Waals surface area contributed by atoms with Gasteiger partial charge in [-0.3, -0.25) is 19.3 Å². The second-order valence-corrected chi connectivity index (χ2v) is 9.29. The van der Waals surface area contributed by atoms with Crippen LogP contribution in [0.4, 0.5) is 5.13 Å². The van der Waals surface area contributed by atoms with Gasteiger partial charge in [-0.05, 0) is 6.92 Å². The highest BCUT2D eigenvalue weighted by atomic mass is 32.2. The minimum Gasteiger partial charge on any atom is -0.477 e. The number of β-lactam (4-membered cyclic amide) rings is 1. The van der Waals surface area contributed by atoms with Crippen molar-refractivity contribution in [2.75, 3.05) is 17.7 Å². The SMILES string of the molecule is CCO/N=C(\C(=O)NC1C(=O)N2C(C(=O)O)=C(C[n+]3ccccc3)CS[C@H]12)c1csc(NC=O)n1. The van der Waals surface area contributed by atoms with Gasteiger partial charge in [0.15, 0.2) is 29.8 Å². The van der Waals surface area contributed by atoms with E-state index < -0.39 is 29.2 Å². The molecule has 4 heterocycles. The molecule has 35 heavy (non-hydrogen) atoms. The van der Waals surface area contributed by atoms with E-state index in [4.69, 9.17) is 4.84 Å². The van der Waals surface area contributed by atoms with E-state index in [1.54, 1.807) is 6.92 Å². The summed E-state index contributed by atoms with van der Waals surface area (Å²) in [6, 6.07) is 4.59. The van der Waals surface area contributed by atoms with Crippen LogP contribution in [0.15, 0.2) is 52.4 Å². The third-order valence-electron chi connectivity index (χ3n) is 5.12. The summed E-state index contributed by atoms with van der Waals surface area (Å²) < 4.78 is 1.83. The van der Waals surface area contributed by atoms with E-state index in [-0.39, 0.29) is 28.8 Å². The number of carbonyl (C=O) groups is 4. The molecule has 2 atom stereocenters. The first kappa shape index (κ1) is 24.3. The normalized spacial score (nSPS) is 19.5. The fourth-order valence-electron chi connectivity index (χ4n) is 3.61. The number of carbonyl (C=O) groups excluding carboxylic acids is 3. The van der Waals surface area contributed by atoms with Gasteiger partial charge in [-0.25, -0.2) is 14.3 Å². The van der Waals surface area contributed by atoms with Crippen molar-refractivity contribution >= 4 is 58.1 Å². The molecule has 4 rings (SSSR count). The monoisotopic (exact) mass is 517 g/mol. The van der Waals surface area contributed by atoms with Gasteiger partial charge in [-0.15, -0.1) is 23.1 Å². The number of oxime groups is 1. The first-order valence-corrected chi connectivity index (χ1v) is 12.4. The lowest BCUT2D eigenvalue weighted by molar-refractivity contribution is -0.689. The number of fused-ring (bicyclic) bond motifs is 1. The average molecular weight is 518 g/mol. The molecule has 182 valence electrons. The number of aromatic nitrogens is 2. The van der Waals surface area contributed by atoms with Crippen LogP contribution < -0.4 is 15.2 Å². The summed E-state index contributed by atoms with van der Waals surface area (Å²) in [7, 11) is 0. The lowest BCUT2D eigenvalue weighted by atomic mass is 10.0. The largest absolute Gasteiger partial charge is 0.477 e. The number of thioether (sulfide) groups is 1. The van der Waals surface area contributed by atoms with Gasteiger partial charge in [0.2, 0.25) is 6.41 Å². The Bertz CT molecular complexity index is 1210. The molecule has 0 spiro atoms. The van der Waals surface area contributed by atoms with Crippen LogP contribution in [0.1, 0.15) is 12.6 Å². The Morgan fingerprint density at radius 3 is 2.83 bits per heavy atom. The molecule has 2 aromatic rings. The number of nitrogens with zero attached hydrogens (tertiary/aromatic N) is 4. The Hall–Kier alpha value is -3.78. The van der Waals surface area contributed by atoms with Crippen LogP contribution in [0, 0.1) is 0 Å². The van der Waals surface area contributed by atoms with Crippen molar-refractivity contribution in [1.82, 2.24) is 15.2 Å². The number of carboxylic acid groups (broad SMARTS) is 1. The summed E-state index contributed by atoms with van der Waals surface area (Å²) in [4.78, 5) is 59.1. The predicted molar refractivity (Wildman–Crippen MR) is 126 cm³/mol. The molecule has 0 radical (unpaired) electrons. The van der Waals surface area contributed by atoms with Gasteiger partial charge < -0.3 is 20.6 Å². The number of amides is 3. The van der Waals surface area contributed by atoms with Gasteiger partial charge in [-0.2, -0.15) is 0 Å². The van der Waals surface area contributed by atoms with Crippen LogP contribution in [0.2, 0.25) is 0 Å². The van der Waals surface area contributed by atoms with Crippen LogP contribution >= 0.6 is 23.1 Å². The standard InChI is InChI=1S/C21H20N6O6S2/c1-2-33-25-14(13-10-35-21(23-13)22-11-28)17(29)24-15-18(30)27-16(20(31)32)12(9-34-19(15)27)8-26-6-4-3-5-7-26/h3-7,10-11,15,19H,2,8-9H2,1H3,(H2-,22,23,24,28,29,31,32)/p+1/b25-14-/t15?,19-/m1/s1. The average Bonchev–Trinajstić information content (AvgIpc) is 3.31. The summed E-state index contributed by atoms with van der Waals surface area (Å²) in [6.07, 6.45) is 4.10. The van der Waals surface area contributed by atoms with E-state index in [0.717, 1.165) is 11.3 Å². The highest BCUT2D eigenvalue weighted by Gasteiger charge is 2.54. The number of thiazole rings is 1. The van der Waals surface area contributed by atoms with Crippen molar-refractivity contribution in [3.8, 4) is 0 Å².